The molecule has 6 nitrogen and oxygen atoms in total. The van der Waals surface area contributed by atoms with Crippen LogP contribution >= 0.6 is 0 Å². The van der Waals surface area contributed by atoms with Crippen LogP contribution in [0, 0.1) is 0 Å². The number of ketones is 1. The molecule has 2 amide bonds. The summed E-state index contributed by atoms with van der Waals surface area (Å²) in [5, 5.41) is 7.02. The average molecular weight is 482 g/mol. The maximum Gasteiger partial charge on any atom is 0.251 e. The van der Waals surface area contributed by atoms with Gasteiger partial charge in [0.15, 0.2) is 5.78 Å². The summed E-state index contributed by atoms with van der Waals surface area (Å²) in [7, 11) is 0. The van der Waals surface area contributed by atoms with Gasteiger partial charge in [0, 0.05) is 41.5 Å². The van der Waals surface area contributed by atoms with Gasteiger partial charge in [-0.25, -0.2) is 0 Å². The number of hydrogen-bond donors (Lipinski definition) is 3. The number of H-pyrrole nitrogens is 1. The Hall–Kier alpha value is -4.19. The highest BCUT2D eigenvalue weighted by molar-refractivity contribution is 5.98. The minimum atomic E-state index is -0.712. The molecule has 2 atom stereocenters. The summed E-state index contributed by atoms with van der Waals surface area (Å²) in [6.07, 6.45) is 3.16. The van der Waals surface area contributed by atoms with Crippen LogP contribution in [-0.4, -0.2) is 34.7 Å². The monoisotopic (exact) mass is 481 g/mol. The highest BCUT2D eigenvalue weighted by Gasteiger charge is 2.23. The predicted molar refractivity (Wildman–Crippen MR) is 142 cm³/mol. The third-order valence-corrected chi connectivity index (χ3v) is 6.22. The van der Waals surface area contributed by atoms with Crippen LogP contribution in [0.2, 0.25) is 0 Å². The Morgan fingerprint density at radius 1 is 0.778 bits per heavy atom. The van der Waals surface area contributed by atoms with E-state index < -0.39 is 6.04 Å². The van der Waals surface area contributed by atoms with Crippen LogP contribution in [0.15, 0.2) is 91.1 Å². The van der Waals surface area contributed by atoms with Crippen LogP contribution in [0.4, 0.5) is 0 Å². The molecule has 0 spiro atoms. The van der Waals surface area contributed by atoms with E-state index in [1.165, 1.54) is 0 Å². The van der Waals surface area contributed by atoms with Gasteiger partial charge < -0.3 is 15.6 Å². The normalized spacial score (nSPS) is 12.6. The molecule has 0 aliphatic rings. The zero-order valence-corrected chi connectivity index (χ0v) is 20.4. The van der Waals surface area contributed by atoms with Gasteiger partial charge in [-0.15, -0.1) is 0 Å². The summed E-state index contributed by atoms with van der Waals surface area (Å²) in [6, 6.07) is 25.7. The smallest absolute Gasteiger partial charge is 0.251 e. The van der Waals surface area contributed by atoms with Crippen molar-refractivity contribution in [3.8, 4) is 0 Å². The molecule has 4 rings (SSSR count). The van der Waals surface area contributed by atoms with Gasteiger partial charge in [0.05, 0.1) is 6.04 Å². The average Bonchev–Trinajstić information content (AvgIpc) is 3.30. The fourth-order valence-corrected chi connectivity index (χ4v) is 4.37. The summed E-state index contributed by atoms with van der Waals surface area (Å²) >= 11 is 0. The Bertz CT molecular complexity index is 1320. The quantitative estimate of drug-likeness (QED) is 0.292. The van der Waals surface area contributed by atoms with Crippen LogP contribution in [0.1, 0.15) is 41.3 Å². The predicted octanol–water partition coefficient (Wildman–Crippen LogP) is 4.61. The van der Waals surface area contributed by atoms with Gasteiger partial charge in [-0.1, -0.05) is 66.7 Å². The molecule has 0 aliphatic heterocycles. The van der Waals surface area contributed by atoms with Gasteiger partial charge in [-0.3, -0.25) is 14.4 Å². The summed E-state index contributed by atoms with van der Waals surface area (Å²) in [5.41, 5.74) is 3.65. The molecule has 0 aliphatic carbocycles. The number of para-hydroxylation sites is 1. The molecule has 0 unspecified atom stereocenters. The number of carbonyl (C=O) groups excluding carboxylic acids is 3. The number of amides is 2. The number of Topliss-reactive ketones (excluding diaryl/α,β-unsaturated/α-hetero) is 1. The van der Waals surface area contributed by atoms with Crippen molar-refractivity contribution in [2.24, 2.45) is 0 Å². The van der Waals surface area contributed by atoms with Crippen molar-refractivity contribution >= 4 is 28.5 Å². The minimum absolute atomic E-state index is 0.0538. The van der Waals surface area contributed by atoms with Crippen molar-refractivity contribution in [1.82, 2.24) is 15.6 Å². The Balaban J connectivity index is 1.33. The first-order chi connectivity index (χ1) is 17.5. The van der Waals surface area contributed by atoms with E-state index >= 15 is 0 Å². The molecule has 6 heteroatoms. The molecule has 0 bridgehead atoms. The van der Waals surface area contributed by atoms with E-state index in [0.29, 0.717) is 18.4 Å². The Morgan fingerprint density at radius 2 is 1.44 bits per heavy atom. The summed E-state index contributed by atoms with van der Waals surface area (Å²) in [4.78, 5) is 41.7. The van der Waals surface area contributed by atoms with Crippen molar-refractivity contribution in [3.05, 3.63) is 108 Å². The van der Waals surface area contributed by atoms with Gasteiger partial charge in [0.2, 0.25) is 5.91 Å². The first-order valence-corrected chi connectivity index (χ1v) is 12.3. The van der Waals surface area contributed by atoms with Crippen LogP contribution in [0.3, 0.4) is 0 Å². The maximum atomic E-state index is 13.1. The first-order valence-electron chi connectivity index (χ1n) is 12.3. The van der Waals surface area contributed by atoms with Gasteiger partial charge in [-0.2, -0.15) is 0 Å². The molecule has 3 N–H and O–H groups in total. The lowest BCUT2D eigenvalue weighted by atomic mass is 9.98. The van der Waals surface area contributed by atoms with Crippen molar-refractivity contribution in [3.63, 3.8) is 0 Å². The number of benzene rings is 3. The Morgan fingerprint density at radius 3 is 2.19 bits per heavy atom. The number of hydrogen-bond acceptors (Lipinski definition) is 3. The third kappa shape index (κ3) is 6.69. The highest BCUT2D eigenvalue weighted by atomic mass is 16.2. The second kappa shape index (κ2) is 12.0. The molecule has 1 heterocycles. The van der Waals surface area contributed by atoms with Crippen molar-refractivity contribution in [2.45, 2.75) is 44.7 Å². The van der Waals surface area contributed by atoms with E-state index in [4.69, 9.17) is 0 Å². The lowest BCUT2D eigenvalue weighted by Gasteiger charge is -2.19. The lowest BCUT2D eigenvalue weighted by Crippen LogP contribution is -2.43. The van der Waals surface area contributed by atoms with Crippen LogP contribution < -0.4 is 10.6 Å². The van der Waals surface area contributed by atoms with Crippen LogP contribution in [-0.2, 0) is 22.4 Å². The maximum absolute atomic E-state index is 13.1. The fraction of sp³-hybridized carbons (Fsp3) is 0.233. The molecule has 4 aromatic rings. The van der Waals surface area contributed by atoms with Gasteiger partial charge in [0.1, 0.15) is 0 Å². The molecule has 1 aromatic heterocycles. The molecule has 184 valence electrons. The van der Waals surface area contributed by atoms with Gasteiger partial charge >= 0.3 is 0 Å². The van der Waals surface area contributed by atoms with E-state index in [1.807, 2.05) is 67.7 Å². The topological polar surface area (TPSA) is 91.1 Å². The van der Waals surface area contributed by atoms with Crippen LogP contribution in [0.5, 0.6) is 0 Å². The number of rotatable bonds is 11. The molecule has 0 saturated heterocycles. The summed E-state index contributed by atoms with van der Waals surface area (Å²) in [5.74, 6) is -0.646. The standard InChI is InChI=1S/C30H31N3O3/c1-21(18-24-20-31-26-15-9-8-14-25(24)26)32-29(35)17-16-28(34)27(19-22-10-4-2-5-11-22)33-30(36)23-12-6-3-7-13-23/h2-15,20-21,27,31H,16-19H2,1H3,(H,32,35)(H,33,36)/t21-,27+/m1/s1. The largest absolute Gasteiger partial charge is 0.361 e. The van der Waals surface area contributed by atoms with E-state index in [2.05, 4.69) is 21.7 Å². The van der Waals surface area contributed by atoms with Gasteiger partial charge in [0.25, 0.3) is 5.91 Å². The molecule has 0 fully saturated rings. The lowest BCUT2D eigenvalue weighted by molar-refractivity contribution is -0.126. The van der Waals surface area contributed by atoms with E-state index in [-0.39, 0.29) is 36.5 Å². The highest BCUT2D eigenvalue weighted by Crippen LogP contribution is 2.19. The summed E-state index contributed by atoms with van der Waals surface area (Å²) in [6.45, 7) is 1.96. The van der Waals surface area contributed by atoms with Crippen molar-refractivity contribution in [2.75, 3.05) is 0 Å². The SMILES string of the molecule is C[C@H](Cc1c[nH]c2ccccc12)NC(=O)CCC(=O)[C@H](Cc1ccccc1)NC(=O)c1ccccc1. The number of fused-ring (bicyclic) bond motifs is 1. The fourth-order valence-electron chi connectivity index (χ4n) is 4.37. The molecule has 0 saturated carbocycles. The zero-order chi connectivity index (χ0) is 25.3. The Kier molecular flexibility index (Phi) is 8.29. The number of aromatic amines is 1. The van der Waals surface area contributed by atoms with E-state index in [0.717, 1.165) is 22.0 Å². The molecule has 0 radical (unpaired) electrons. The van der Waals surface area contributed by atoms with Crippen LogP contribution in [0.25, 0.3) is 10.9 Å². The second-order valence-corrected chi connectivity index (χ2v) is 9.08. The molecular formula is C30H31N3O3. The summed E-state index contributed by atoms with van der Waals surface area (Å²) < 4.78 is 0. The molecular weight excluding hydrogens is 450 g/mol. The van der Waals surface area contributed by atoms with Gasteiger partial charge in [-0.05, 0) is 49.1 Å². The molecule has 3 aromatic carbocycles. The number of nitrogens with one attached hydrogen (secondary N) is 3. The van der Waals surface area contributed by atoms with E-state index in [9.17, 15) is 14.4 Å². The number of aromatic nitrogens is 1. The van der Waals surface area contributed by atoms with E-state index in [1.54, 1.807) is 24.3 Å². The second-order valence-electron chi connectivity index (χ2n) is 9.08. The molecule has 36 heavy (non-hydrogen) atoms. The Labute approximate surface area is 211 Å². The minimum Gasteiger partial charge on any atom is -0.361 e. The third-order valence-electron chi connectivity index (χ3n) is 6.22. The zero-order valence-electron chi connectivity index (χ0n) is 20.4. The van der Waals surface area contributed by atoms with Crippen molar-refractivity contribution < 1.29 is 14.4 Å². The number of carbonyl (C=O) groups is 3. The van der Waals surface area contributed by atoms with Crippen molar-refractivity contribution in [1.29, 1.82) is 0 Å². The first kappa shape index (κ1) is 24.9.